The van der Waals surface area contributed by atoms with Crippen LogP contribution in [0.25, 0.3) is 22.4 Å². The van der Waals surface area contributed by atoms with E-state index < -0.39 is 0 Å². The van der Waals surface area contributed by atoms with Crippen molar-refractivity contribution in [1.29, 1.82) is 0 Å². The van der Waals surface area contributed by atoms with Gasteiger partial charge >= 0.3 is 0 Å². The third kappa shape index (κ3) is 2.52. The maximum atomic E-state index is 13.3. The number of rotatable bonds is 2. The Morgan fingerprint density at radius 1 is 0.750 bits per heavy atom. The van der Waals surface area contributed by atoms with Gasteiger partial charge in [0.1, 0.15) is 5.82 Å². The van der Waals surface area contributed by atoms with Crippen LogP contribution in [-0.4, -0.2) is 4.98 Å². The third-order valence-electron chi connectivity index (χ3n) is 3.09. The first-order chi connectivity index (χ1) is 9.72. The minimum Gasteiger partial charge on any atom is -0.322 e. The van der Waals surface area contributed by atoms with Crippen molar-refractivity contribution in [2.24, 2.45) is 0 Å². The Hall–Kier alpha value is -2.68. The van der Waals surface area contributed by atoms with Gasteiger partial charge < -0.3 is 4.98 Å². The van der Waals surface area contributed by atoms with Crippen LogP contribution in [0.1, 0.15) is 0 Å². The van der Waals surface area contributed by atoms with Gasteiger partial charge in [-0.25, -0.2) is 4.39 Å². The first kappa shape index (κ1) is 12.4. The minimum atomic E-state index is -0.325. The van der Waals surface area contributed by atoms with E-state index in [-0.39, 0.29) is 11.4 Å². The molecule has 20 heavy (non-hydrogen) atoms. The molecule has 1 heterocycles. The molecule has 0 saturated carbocycles. The quantitative estimate of drug-likeness (QED) is 0.750. The number of aromatic nitrogens is 1. The average molecular weight is 265 g/mol. The van der Waals surface area contributed by atoms with Crippen molar-refractivity contribution >= 4 is 0 Å². The van der Waals surface area contributed by atoms with E-state index in [9.17, 15) is 9.18 Å². The van der Waals surface area contributed by atoms with Crippen LogP contribution in [0.4, 0.5) is 4.39 Å². The molecule has 98 valence electrons. The van der Waals surface area contributed by atoms with Crippen LogP contribution in [0.3, 0.4) is 0 Å². The third-order valence-corrected chi connectivity index (χ3v) is 3.09. The number of pyridine rings is 1. The van der Waals surface area contributed by atoms with Crippen molar-refractivity contribution in [3.05, 3.63) is 82.9 Å². The maximum absolute atomic E-state index is 13.3. The van der Waals surface area contributed by atoms with Crippen molar-refractivity contribution in [3.63, 3.8) is 0 Å². The zero-order valence-electron chi connectivity index (χ0n) is 10.6. The summed E-state index contributed by atoms with van der Waals surface area (Å²) in [6.45, 7) is 0. The summed E-state index contributed by atoms with van der Waals surface area (Å²) in [6.07, 6.45) is 0. The van der Waals surface area contributed by atoms with Crippen LogP contribution in [-0.2, 0) is 0 Å². The van der Waals surface area contributed by atoms with E-state index >= 15 is 0 Å². The highest BCUT2D eigenvalue weighted by molar-refractivity contribution is 5.70. The summed E-state index contributed by atoms with van der Waals surface area (Å²) in [4.78, 5) is 14.5. The van der Waals surface area contributed by atoms with Crippen LogP contribution >= 0.6 is 0 Å². The molecule has 0 aliphatic rings. The van der Waals surface area contributed by atoms with Gasteiger partial charge in [0.15, 0.2) is 0 Å². The van der Waals surface area contributed by atoms with Gasteiger partial charge in [-0.2, -0.15) is 0 Å². The molecule has 0 amide bonds. The predicted molar refractivity (Wildman–Crippen MR) is 77.9 cm³/mol. The molecule has 3 aromatic rings. The summed E-state index contributed by atoms with van der Waals surface area (Å²) in [5.41, 5.74) is 2.83. The van der Waals surface area contributed by atoms with Crippen LogP contribution in [0, 0.1) is 5.82 Å². The lowest BCUT2D eigenvalue weighted by molar-refractivity contribution is 0.628. The van der Waals surface area contributed by atoms with Gasteiger partial charge in [-0.05, 0) is 29.3 Å². The molecule has 3 heteroatoms. The zero-order valence-corrected chi connectivity index (χ0v) is 10.6. The summed E-state index contributed by atoms with van der Waals surface area (Å²) in [7, 11) is 0. The molecule has 0 atom stereocenters. The number of halogens is 1. The Morgan fingerprint density at radius 3 is 2.25 bits per heavy atom. The normalized spacial score (nSPS) is 10.4. The molecule has 2 nitrogen and oxygen atoms in total. The molecule has 0 aliphatic carbocycles. The molecule has 0 spiro atoms. The van der Waals surface area contributed by atoms with E-state index in [4.69, 9.17) is 0 Å². The number of H-pyrrole nitrogens is 1. The summed E-state index contributed by atoms with van der Waals surface area (Å²) < 4.78 is 13.3. The first-order valence-corrected chi connectivity index (χ1v) is 6.28. The molecule has 0 fully saturated rings. The number of hydrogen-bond donors (Lipinski definition) is 1. The average Bonchev–Trinajstić information content (AvgIpc) is 2.47. The van der Waals surface area contributed by atoms with E-state index in [0.717, 1.165) is 11.1 Å². The van der Waals surface area contributed by atoms with E-state index in [2.05, 4.69) is 4.98 Å². The first-order valence-electron chi connectivity index (χ1n) is 6.28. The van der Waals surface area contributed by atoms with Crippen molar-refractivity contribution < 1.29 is 4.39 Å². The lowest BCUT2D eigenvalue weighted by Gasteiger charge is -2.06. The number of benzene rings is 2. The van der Waals surface area contributed by atoms with Gasteiger partial charge in [-0.1, -0.05) is 42.5 Å². The fraction of sp³-hybridized carbons (Fsp3) is 0. The predicted octanol–water partition coefficient (Wildman–Crippen LogP) is 3.85. The Bertz CT molecular complexity index is 793. The molecule has 0 bridgehead atoms. The summed E-state index contributed by atoms with van der Waals surface area (Å²) in [5.74, 6) is -0.325. The highest BCUT2D eigenvalue weighted by Crippen LogP contribution is 2.23. The van der Waals surface area contributed by atoms with Gasteiger partial charge in [0.2, 0.25) is 5.56 Å². The zero-order chi connectivity index (χ0) is 13.9. The lowest BCUT2D eigenvalue weighted by atomic mass is 10.0. The van der Waals surface area contributed by atoms with Crippen LogP contribution in [0.2, 0.25) is 0 Å². The van der Waals surface area contributed by atoms with Gasteiger partial charge in [0.05, 0.1) is 0 Å². The van der Waals surface area contributed by atoms with Gasteiger partial charge in [0.25, 0.3) is 0 Å². The Balaban J connectivity index is 2.15. The van der Waals surface area contributed by atoms with E-state index in [1.165, 1.54) is 18.2 Å². The van der Waals surface area contributed by atoms with E-state index in [1.807, 2.05) is 36.4 Å². The number of hydrogen-bond acceptors (Lipinski definition) is 1. The fourth-order valence-electron chi connectivity index (χ4n) is 2.15. The minimum absolute atomic E-state index is 0.203. The topological polar surface area (TPSA) is 32.9 Å². The molecule has 0 aliphatic heterocycles. The van der Waals surface area contributed by atoms with Crippen molar-refractivity contribution in [2.75, 3.05) is 0 Å². The molecule has 1 N–H and O–H groups in total. The number of nitrogens with one attached hydrogen (secondary N) is 1. The SMILES string of the molecule is O=c1cc(-c2ccccc2)cc(-c2cccc(F)c2)[nH]1. The molecule has 2 aromatic carbocycles. The standard InChI is InChI=1S/C17H12FNO/c18-15-8-4-7-13(9-15)16-10-14(11-17(20)19-16)12-5-2-1-3-6-12/h1-11H,(H,19,20). The van der Waals surface area contributed by atoms with Gasteiger partial charge in [-0.15, -0.1) is 0 Å². The highest BCUT2D eigenvalue weighted by atomic mass is 19.1. The summed E-state index contributed by atoms with van der Waals surface area (Å²) in [5, 5.41) is 0. The molecule has 0 unspecified atom stereocenters. The maximum Gasteiger partial charge on any atom is 0.249 e. The summed E-state index contributed by atoms with van der Waals surface area (Å²) >= 11 is 0. The van der Waals surface area contributed by atoms with Gasteiger partial charge in [0, 0.05) is 17.3 Å². The van der Waals surface area contributed by atoms with Crippen molar-refractivity contribution in [2.45, 2.75) is 0 Å². The Labute approximate surface area is 115 Å². The fourth-order valence-corrected chi connectivity index (χ4v) is 2.15. The molecule has 0 saturated heterocycles. The van der Waals surface area contributed by atoms with Crippen molar-refractivity contribution in [3.8, 4) is 22.4 Å². The summed E-state index contributed by atoms with van der Waals surface area (Å²) in [6, 6.07) is 19.2. The Morgan fingerprint density at radius 2 is 1.50 bits per heavy atom. The monoisotopic (exact) mass is 265 g/mol. The molecular weight excluding hydrogens is 253 g/mol. The largest absolute Gasteiger partial charge is 0.322 e. The van der Waals surface area contributed by atoms with E-state index in [0.29, 0.717) is 11.3 Å². The van der Waals surface area contributed by atoms with Crippen LogP contribution in [0.15, 0.2) is 71.5 Å². The molecule has 1 aromatic heterocycles. The highest BCUT2D eigenvalue weighted by Gasteiger charge is 2.04. The second-order valence-electron chi connectivity index (χ2n) is 4.52. The number of aromatic amines is 1. The second kappa shape index (κ2) is 5.13. The molecule has 3 rings (SSSR count). The second-order valence-corrected chi connectivity index (χ2v) is 4.52. The van der Waals surface area contributed by atoms with Crippen LogP contribution in [0.5, 0.6) is 0 Å². The van der Waals surface area contributed by atoms with E-state index in [1.54, 1.807) is 12.1 Å². The lowest BCUT2D eigenvalue weighted by Crippen LogP contribution is -2.05. The van der Waals surface area contributed by atoms with Crippen molar-refractivity contribution in [1.82, 2.24) is 4.98 Å². The van der Waals surface area contributed by atoms with Crippen LogP contribution < -0.4 is 5.56 Å². The molecule has 0 radical (unpaired) electrons. The molecular formula is C17H12FNO. The smallest absolute Gasteiger partial charge is 0.249 e. The Kier molecular flexibility index (Phi) is 3.17. The van der Waals surface area contributed by atoms with Gasteiger partial charge in [-0.3, -0.25) is 4.79 Å².